The third-order valence-corrected chi connectivity index (χ3v) is 9.27. The molecule has 1 aromatic rings. The predicted molar refractivity (Wildman–Crippen MR) is 98.8 cm³/mol. The van der Waals surface area contributed by atoms with Crippen LogP contribution in [0.15, 0.2) is 28.3 Å². The molecular formula is C15H8Cl6N2O2. The number of anilines is 1. The first kappa shape index (κ1) is 18.1. The molecule has 4 atom stereocenters. The van der Waals surface area contributed by atoms with Crippen LogP contribution in [0.2, 0.25) is 0 Å². The number of rotatable bonds is 1. The molecule has 0 spiro atoms. The van der Waals surface area contributed by atoms with Crippen molar-refractivity contribution in [2.45, 2.75) is 21.0 Å². The summed E-state index contributed by atoms with van der Waals surface area (Å²) in [6.07, 6.45) is 0. The molecule has 2 aliphatic carbocycles. The molecule has 2 heterocycles. The number of hydrogen-bond acceptors (Lipinski definition) is 3. The van der Waals surface area contributed by atoms with Gasteiger partial charge in [0.1, 0.15) is 15.6 Å². The number of aromatic nitrogens is 1. The van der Waals surface area contributed by atoms with Gasteiger partial charge in [0.05, 0.1) is 21.9 Å². The van der Waals surface area contributed by atoms with Crippen LogP contribution in [0.1, 0.15) is 5.69 Å². The number of aryl methyl sites for hydroxylation is 1. The largest absolute Gasteiger partial charge is 0.274 e. The van der Waals surface area contributed by atoms with Gasteiger partial charge in [-0.15, -0.1) is 23.2 Å². The molecule has 25 heavy (non-hydrogen) atoms. The van der Waals surface area contributed by atoms with Gasteiger partial charge in [0.2, 0.25) is 11.8 Å². The quantitative estimate of drug-likeness (QED) is 0.462. The normalized spacial score (nSPS) is 38.8. The fourth-order valence-electron chi connectivity index (χ4n) is 3.87. The molecule has 0 radical (unpaired) electrons. The predicted octanol–water partition coefficient (Wildman–Crippen LogP) is 4.34. The number of alkyl halides is 4. The van der Waals surface area contributed by atoms with E-state index in [-0.39, 0.29) is 15.9 Å². The van der Waals surface area contributed by atoms with Crippen molar-refractivity contribution in [3.05, 3.63) is 34.0 Å². The molecule has 3 aliphatic rings. The highest BCUT2D eigenvalue weighted by Crippen LogP contribution is 2.77. The van der Waals surface area contributed by atoms with Crippen molar-refractivity contribution in [3.63, 3.8) is 0 Å². The average molecular weight is 461 g/mol. The maximum Gasteiger partial charge on any atom is 0.241 e. The Morgan fingerprint density at radius 1 is 0.960 bits per heavy atom. The lowest BCUT2D eigenvalue weighted by molar-refractivity contribution is -0.123. The van der Waals surface area contributed by atoms with Gasteiger partial charge < -0.3 is 0 Å². The molecule has 2 bridgehead atoms. The first-order valence-electron chi connectivity index (χ1n) is 7.14. The minimum Gasteiger partial charge on any atom is -0.274 e. The van der Waals surface area contributed by atoms with Crippen LogP contribution < -0.4 is 4.90 Å². The van der Waals surface area contributed by atoms with Crippen molar-refractivity contribution >= 4 is 87.2 Å². The number of carbonyl (C=O) groups is 2. The van der Waals surface area contributed by atoms with Crippen LogP contribution in [0.3, 0.4) is 0 Å². The molecule has 2 amide bonds. The van der Waals surface area contributed by atoms with E-state index in [0.717, 1.165) is 4.90 Å². The molecule has 0 N–H and O–H groups in total. The number of imide groups is 1. The number of hydrogen-bond donors (Lipinski definition) is 0. The summed E-state index contributed by atoms with van der Waals surface area (Å²) in [7, 11) is 0. The molecule has 10 heteroatoms. The second-order valence-corrected chi connectivity index (χ2v) is 9.51. The van der Waals surface area contributed by atoms with E-state index in [9.17, 15) is 9.59 Å². The van der Waals surface area contributed by atoms with Gasteiger partial charge in [0.15, 0.2) is 4.33 Å². The first-order valence-corrected chi connectivity index (χ1v) is 9.41. The van der Waals surface area contributed by atoms with Crippen LogP contribution in [0.4, 0.5) is 5.82 Å². The van der Waals surface area contributed by atoms with E-state index in [1.165, 1.54) is 0 Å². The fraction of sp³-hybridized carbons (Fsp3) is 0.400. The van der Waals surface area contributed by atoms with Crippen molar-refractivity contribution in [3.8, 4) is 0 Å². The zero-order chi connectivity index (χ0) is 18.5. The molecule has 0 aromatic carbocycles. The van der Waals surface area contributed by atoms with Crippen molar-refractivity contribution < 1.29 is 9.59 Å². The monoisotopic (exact) mass is 458 g/mol. The van der Waals surface area contributed by atoms with Gasteiger partial charge in [-0.1, -0.05) is 52.5 Å². The number of carbonyl (C=O) groups excluding carboxylic acids is 2. The highest BCUT2D eigenvalue weighted by molar-refractivity contribution is 6.67. The molecule has 4 unspecified atom stereocenters. The lowest BCUT2D eigenvalue weighted by Gasteiger charge is -2.34. The van der Waals surface area contributed by atoms with Crippen LogP contribution in [0.5, 0.6) is 0 Å². The maximum atomic E-state index is 13.1. The highest BCUT2D eigenvalue weighted by atomic mass is 35.5. The molecule has 4 rings (SSSR count). The lowest BCUT2D eigenvalue weighted by Crippen LogP contribution is -2.50. The van der Waals surface area contributed by atoms with E-state index < -0.39 is 37.7 Å². The number of amides is 2. The van der Waals surface area contributed by atoms with Gasteiger partial charge in [0.25, 0.3) is 0 Å². The summed E-state index contributed by atoms with van der Waals surface area (Å²) >= 11 is 38.5. The summed E-state index contributed by atoms with van der Waals surface area (Å²) in [5, 5.41) is -0.227. The van der Waals surface area contributed by atoms with Gasteiger partial charge in [-0.05, 0) is 19.1 Å². The fourth-order valence-corrected chi connectivity index (χ4v) is 6.80. The van der Waals surface area contributed by atoms with E-state index in [1.54, 1.807) is 25.1 Å². The topological polar surface area (TPSA) is 50.3 Å². The van der Waals surface area contributed by atoms with Crippen molar-refractivity contribution in [2.24, 2.45) is 11.8 Å². The standard InChI is InChI=1S/C15H8Cl6N2O2/c1-5-3-2-4-6(22-5)23-11(24)7-8(12(23)25)14(19)10(17)9(16)13(7,18)15(14,20)21/h2-4,7-8H,1H3. The summed E-state index contributed by atoms with van der Waals surface area (Å²) in [5.41, 5.74) is 0.637. The summed E-state index contributed by atoms with van der Waals surface area (Å²) < 4.78 is -1.93. The molecule has 2 fully saturated rings. The molecule has 1 saturated carbocycles. The van der Waals surface area contributed by atoms with Crippen molar-refractivity contribution in [1.29, 1.82) is 0 Å². The number of halogens is 6. The van der Waals surface area contributed by atoms with Crippen LogP contribution in [0.25, 0.3) is 0 Å². The summed E-state index contributed by atoms with van der Waals surface area (Å²) in [6, 6.07) is 4.96. The van der Waals surface area contributed by atoms with E-state index in [2.05, 4.69) is 4.98 Å². The highest BCUT2D eigenvalue weighted by Gasteiger charge is 2.87. The Bertz CT molecular complexity index is 841. The Kier molecular flexibility index (Phi) is 3.76. The number of nitrogens with zero attached hydrogens (tertiary/aromatic N) is 2. The van der Waals surface area contributed by atoms with Crippen LogP contribution in [-0.4, -0.2) is 30.9 Å². The van der Waals surface area contributed by atoms with Gasteiger partial charge in [-0.3, -0.25) is 9.59 Å². The van der Waals surface area contributed by atoms with Crippen LogP contribution >= 0.6 is 69.6 Å². The maximum absolute atomic E-state index is 13.1. The SMILES string of the molecule is Cc1cccc(N2C(=O)C3C(C2=O)C2(Cl)C(Cl)=C(Cl)C3(Cl)C2(Cl)Cl)n1. The number of allylic oxidation sites excluding steroid dienone is 2. The molecule has 1 saturated heterocycles. The zero-order valence-electron chi connectivity index (χ0n) is 12.4. The van der Waals surface area contributed by atoms with Gasteiger partial charge in [-0.2, -0.15) is 0 Å². The lowest BCUT2D eigenvalue weighted by atomic mass is 9.84. The third kappa shape index (κ3) is 1.77. The third-order valence-electron chi connectivity index (χ3n) is 5.01. The molecule has 1 aromatic heterocycles. The Hall–Kier alpha value is -0.230. The Balaban J connectivity index is 1.92. The van der Waals surface area contributed by atoms with E-state index in [0.29, 0.717) is 5.69 Å². The van der Waals surface area contributed by atoms with E-state index in [1.807, 2.05) is 0 Å². The van der Waals surface area contributed by atoms with Crippen molar-refractivity contribution in [2.75, 3.05) is 4.90 Å². The van der Waals surface area contributed by atoms with E-state index >= 15 is 0 Å². The van der Waals surface area contributed by atoms with Gasteiger partial charge in [0, 0.05) is 5.69 Å². The average Bonchev–Trinajstić information content (AvgIpc) is 2.92. The molecular weight excluding hydrogens is 453 g/mol. The van der Waals surface area contributed by atoms with Gasteiger partial charge in [-0.25, -0.2) is 9.88 Å². The minimum absolute atomic E-state index is 0.114. The Labute approximate surface area is 172 Å². The van der Waals surface area contributed by atoms with Crippen molar-refractivity contribution in [1.82, 2.24) is 4.98 Å². The molecule has 1 aliphatic heterocycles. The van der Waals surface area contributed by atoms with Crippen LogP contribution in [0, 0.1) is 18.8 Å². The van der Waals surface area contributed by atoms with Crippen LogP contribution in [-0.2, 0) is 9.59 Å². The van der Waals surface area contributed by atoms with E-state index in [4.69, 9.17) is 69.6 Å². The summed E-state index contributed by atoms with van der Waals surface area (Å²) in [4.78, 5) is 27.7. The number of pyridine rings is 1. The second kappa shape index (κ2) is 5.18. The molecule has 132 valence electrons. The summed E-state index contributed by atoms with van der Waals surface area (Å²) in [6.45, 7) is 1.74. The minimum atomic E-state index is -1.93. The smallest absolute Gasteiger partial charge is 0.241 e. The Morgan fingerprint density at radius 2 is 1.44 bits per heavy atom. The zero-order valence-corrected chi connectivity index (χ0v) is 16.9. The second-order valence-electron chi connectivity index (χ2n) is 6.23. The van der Waals surface area contributed by atoms with Gasteiger partial charge >= 0.3 is 0 Å². The number of fused-ring (bicyclic) bond motifs is 5. The first-order chi connectivity index (χ1) is 11.5. The Morgan fingerprint density at radius 3 is 1.88 bits per heavy atom. The summed E-state index contributed by atoms with van der Waals surface area (Å²) in [5.74, 6) is -3.35. The molecule has 4 nitrogen and oxygen atoms in total.